The molecule has 1 fully saturated rings. The number of nitriles is 1. The van der Waals surface area contributed by atoms with Gasteiger partial charge in [0, 0.05) is 49.1 Å². The molecule has 46 heavy (non-hydrogen) atoms. The van der Waals surface area contributed by atoms with Crippen molar-refractivity contribution in [2.45, 2.75) is 57.5 Å². The SMILES string of the molecule is Cc1cc(-c2nc(NC3CCC(N(C(=O)CCc4ccccc4)c4ccc(-c5ccn(C)c(=O)c5)nc4)CC3)ncc2C#N)n[nH]1. The quantitative estimate of drug-likeness (QED) is 0.231. The Balaban J connectivity index is 1.18. The van der Waals surface area contributed by atoms with Crippen molar-refractivity contribution in [3.8, 4) is 28.7 Å². The lowest BCUT2D eigenvalue weighted by Gasteiger charge is -2.37. The van der Waals surface area contributed by atoms with Crippen LogP contribution in [0.4, 0.5) is 11.6 Å². The standard InChI is InChI=1S/C35H35N9O2/c1-23-18-31(42-41-23)34-26(20-36)21-38-35(40-34)39-27-9-11-28(12-10-27)44(32(45)15-8-24-6-4-3-5-7-24)29-13-14-30(37-22-29)25-16-17-43(2)33(46)19-25/h3-7,13-14,16-19,21-22,27-28H,8-12,15H2,1-2H3,(H,41,42)(H,38,39,40). The fourth-order valence-electron chi connectivity index (χ4n) is 5.91. The Labute approximate surface area is 267 Å². The minimum atomic E-state index is -0.106. The number of aromatic amines is 1. The van der Waals surface area contributed by atoms with E-state index in [0.717, 1.165) is 48.2 Å². The zero-order chi connectivity index (χ0) is 32.0. The van der Waals surface area contributed by atoms with E-state index in [9.17, 15) is 14.9 Å². The van der Waals surface area contributed by atoms with E-state index < -0.39 is 0 Å². The molecule has 0 bridgehead atoms. The Bertz CT molecular complexity index is 1920. The van der Waals surface area contributed by atoms with Crippen molar-refractivity contribution in [3.63, 3.8) is 0 Å². The van der Waals surface area contributed by atoms with E-state index in [0.29, 0.717) is 41.4 Å². The minimum absolute atomic E-state index is 0.00229. The van der Waals surface area contributed by atoms with Crippen LogP contribution in [0.15, 0.2) is 84.0 Å². The van der Waals surface area contributed by atoms with Crippen LogP contribution in [0.5, 0.6) is 0 Å². The van der Waals surface area contributed by atoms with E-state index in [-0.39, 0.29) is 23.6 Å². The molecule has 1 amide bonds. The summed E-state index contributed by atoms with van der Waals surface area (Å²) < 4.78 is 1.52. The number of benzene rings is 1. The van der Waals surface area contributed by atoms with E-state index in [2.05, 4.69) is 36.5 Å². The van der Waals surface area contributed by atoms with Crippen LogP contribution >= 0.6 is 0 Å². The van der Waals surface area contributed by atoms with Crippen molar-refractivity contribution < 1.29 is 4.79 Å². The van der Waals surface area contributed by atoms with Gasteiger partial charge in [-0.15, -0.1) is 0 Å². The van der Waals surface area contributed by atoms with Gasteiger partial charge in [0.05, 0.1) is 29.3 Å². The largest absolute Gasteiger partial charge is 0.351 e. The Hall–Kier alpha value is -5.63. The number of H-pyrrole nitrogens is 1. The van der Waals surface area contributed by atoms with Gasteiger partial charge in [0.15, 0.2) is 0 Å². The summed E-state index contributed by atoms with van der Waals surface area (Å²) in [7, 11) is 1.71. The van der Waals surface area contributed by atoms with Gasteiger partial charge in [-0.05, 0) is 68.9 Å². The molecule has 6 rings (SSSR count). The fourth-order valence-corrected chi connectivity index (χ4v) is 5.91. The van der Waals surface area contributed by atoms with Gasteiger partial charge in [-0.3, -0.25) is 19.7 Å². The molecular weight excluding hydrogens is 578 g/mol. The van der Waals surface area contributed by atoms with Crippen LogP contribution in [0.1, 0.15) is 48.9 Å². The molecule has 0 saturated heterocycles. The third-order valence-electron chi connectivity index (χ3n) is 8.42. The monoisotopic (exact) mass is 613 g/mol. The van der Waals surface area contributed by atoms with Gasteiger partial charge in [-0.2, -0.15) is 10.4 Å². The second-order valence-corrected chi connectivity index (χ2v) is 11.7. The number of carbonyl (C=O) groups is 1. The molecule has 0 atom stereocenters. The summed E-state index contributed by atoms with van der Waals surface area (Å²) in [6.07, 6.45) is 9.21. The normalized spacial score (nSPS) is 16.0. The molecule has 1 aliphatic rings. The number of pyridine rings is 2. The van der Waals surface area contributed by atoms with Gasteiger partial charge >= 0.3 is 0 Å². The molecule has 2 N–H and O–H groups in total. The maximum absolute atomic E-state index is 13.8. The lowest BCUT2D eigenvalue weighted by atomic mass is 9.89. The number of amides is 1. The Morgan fingerprint density at radius 3 is 2.52 bits per heavy atom. The number of nitrogens with zero attached hydrogens (tertiary/aromatic N) is 7. The highest BCUT2D eigenvalue weighted by Crippen LogP contribution is 2.31. The summed E-state index contributed by atoms with van der Waals surface area (Å²) >= 11 is 0. The van der Waals surface area contributed by atoms with Crippen LogP contribution in [0.3, 0.4) is 0 Å². The number of anilines is 2. The van der Waals surface area contributed by atoms with Crippen molar-refractivity contribution >= 4 is 17.5 Å². The summed E-state index contributed by atoms with van der Waals surface area (Å²) in [4.78, 5) is 41.6. The first-order valence-electron chi connectivity index (χ1n) is 15.4. The third kappa shape index (κ3) is 6.86. The van der Waals surface area contributed by atoms with Crippen LogP contribution in [0.25, 0.3) is 22.6 Å². The van der Waals surface area contributed by atoms with Gasteiger partial charge in [0.1, 0.15) is 17.5 Å². The summed E-state index contributed by atoms with van der Waals surface area (Å²) in [5, 5.41) is 20.2. The second-order valence-electron chi connectivity index (χ2n) is 11.7. The summed E-state index contributed by atoms with van der Waals surface area (Å²) in [5.74, 6) is 0.502. The predicted octanol–water partition coefficient (Wildman–Crippen LogP) is 5.20. The lowest BCUT2D eigenvalue weighted by molar-refractivity contribution is -0.119. The molecular formula is C35H35N9O2. The Kier molecular flexibility index (Phi) is 8.96. The number of aromatic nitrogens is 6. The number of hydrogen-bond donors (Lipinski definition) is 2. The van der Waals surface area contributed by atoms with Crippen LogP contribution in [-0.4, -0.2) is 47.7 Å². The van der Waals surface area contributed by atoms with Crippen molar-refractivity contribution in [1.82, 2.24) is 29.7 Å². The zero-order valence-corrected chi connectivity index (χ0v) is 25.8. The number of carbonyl (C=O) groups excluding carboxylic acids is 1. The molecule has 11 nitrogen and oxygen atoms in total. The first kappa shape index (κ1) is 30.4. The molecule has 1 aliphatic carbocycles. The smallest absolute Gasteiger partial charge is 0.250 e. The van der Waals surface area contributed by atoms with Crippen LogP contribution < -0.4 is 15.8 Å². The van der Waals surface area contributed by atoms with Gasteiger partial charge in [-0.1, -0.05) is 30.3 Å². The number of aryl methyl sites for hydroxylation is 3. The minimum Gasteiger partial charge on any atom is -0.351 e. The molecule has 5 aromatic rings. The third-order valence-corrected chi connectivity index (χ3v) is 8.42. The first-order chi connectivity index (χ1) is 22.4. The highest BCUT2D eigenvalue weighted by Gasteiger charge is 2.30. The molecule has 0 unspecified atom stereocenters. The Morgan fingerprint density at radius 1 is 1.04 bits per heavy atom. The second kappa shape index (κ2) is 13.6. The molecule has 0 radical (unpaired) electrons. The predicted molar refractivity (Wildman–Crippen MR) is 176 cm³/mol. The first-order valence-corrected chi connectivity index (χ1v) is 15.4. The zero-order valence-electron chi connectivity index (χ0n) is 25.8. The van der Waals surface area contributed by atoms with Crippen molar-refractivity contribution in [3.05, 3.63) is 106 Å². The van der Waals surface area contributed by atoms with Crippen molar-refractivity contribution in [2.75, 3.05) is 10.2 Å². The van der Waals surface area contributed by atoms with Gasteiger partial charge in [0.25, 0.3) is 5.56 Å². The van der Waals surface area contributed by atoms with Gasteiger partial charge < -0.3 is 14.8 Å². The van der Waals surface area contributed by atoms with E-state index in [4.69, 9.17) is 0 Å². The molecule has 1 aromatic carbocycles. The molecule has 0 aliphatic heterocycles. The van der Waals surface area contributed by atoms with Gasteiger partial charge in [0.2, 0.25) is 11.9 Å². The van der Waals surface area contributed by atoms with E-state index in [1.54, 1.807) is 25.5 Å². The van der Waals surface area contributed by atoms with E-state index >= 15 is 0 Å². The van der Waals surface area contributed by atoms with E-state index in [1.807, 2.05) is 66.4 Å². The highest BCUT2D eigenvalue weighted by atomic mass is 16.2. The van der Waals surface area contributed by atoms with Crippen LogP contribution in [0, 0.1) is 18.3 Å². The lowest BCUT2D eigenvalue weighted by Crippen LogP contribution is -2.44. The number of nitrogens with one attached hydrogen (secondary N) is 2. The average Bonchev–Trinajstić information content (AvgIpc) is 3.52. The number of hydrogen-bond acceptors (Lipinski definition) is 8. The van der Waals surface area contributed by atoms with Crippen LogP contribution in [0.2, 0.25) is 0 Å². The molecule has 232 valence electrons. The molecule has 0 spiro atoms. The number of rotatable bonds is 9. The maximum Gasteiger partial charge on any atom is 0.250 e. The fraction of sp³-hybridized carbons (Fsp3) is 0.286. The summed E-state index contributed by atoms with van der Waals surface area (Å²) in [6, 6.07) is 21.4. The van der Waals surface area contributed by atoms with Gasteiger partial charge in [-0.25, -0.2) is 9.97 Å². The Morgan fingerprint density at radius 2 is 1.85 bits per heavy atom. The molecule has 4 aromatic heterocycles. The molecule has 4 heterocycles. The van der Waals surface area contributed by atoms with Crippen molar-refractivity contribution in [1.29, 1.82) is 5.26 Å². The van der Waals surface area contributed by atoms with Crippen LogP contribution in [-0.2, 0) is 18.3 Å². The van der Waals surface area contributed by atoms with E-state index in [1.165, 1.54) is 10.8 Å². The highest BCUT2D eigenvalue weighted by molar-refractivity contribution is 5.94. The van der Waals surface area contributed by atoms with Crippen molar-refractivity contribution in [2.24, 2.45) is 7.05 Å². The molecule has 1 saturated carbocycles. The summed E-state index contributed by atoms with van der Waals surface area (Å²) in [6.45, 7) is 1.90. The molecule has 11 heteroatoms. The topological polar surface area (TPSA) is 145 Å². The maximum atomic E-state index is 13.8. The summed E-state index contributed by atoms with van der Waals surface area (Å²) in [5.41, 5.74) is 5.50. The average molecular weight is 614 g/mol.